The molecule has 1 atom stereocenters. The third-order valence-corrected chi connectivity index (χ3v) is 2.20. The first-order valence-corrected chi connectivity index (χ1v) is 4.29. The minimum atomic E-state index is 0.0946. The van der Waals surface area contributed by atoms with E-state index in [0.717, 1.165) is 5.69 Å². The van der Waals surface area contributed by atoms with Crippen LogP contribution in [0.25, 0.3) is 0 Å². The highest BCUT2D eigenvalue weighted by Gasteiger charge is 2.21. The fourth-order valence-electron chi connectivity index (χ4n) is 1.59. The number of phenolic OH excluding ortho intramolecular Hbond substituents is 1. The molecule has 0 aromatic heterocycles. The van der Waals surface area contributed by atoms with Gasteiger partial charge in [0.25, 0.3) is 0 Å². The van der Waals surface area contributed by atoms with Crippen LogP contribution in [0.1, 0.15) is 23.7 Å². The average molecular weight is 177 g/mol. The Morgan fingerprint density at radius 2 is 2.31 bits per heavy atom. The minimum absolute atomic E-state index is 0.0946. The molecule has 1 aliphatic heterocycles. The van der Waals surface area contributed by atoms with Crippen molar-refractivity contribution in [2.24, 2.45) is 0 Å². The van der Waals surface area contributed by atoms with Gasteiger partial charge in [-0.3, -0.25) is 4.79 Å². The molecule has 0 amide bonds. The van der Waals surface area contributed by atoms with Crippen LogP contribution < -0.4 is 5.32 Å². The Balaban J connectivity index is 2.49. The van der Waals surface area contributed by atoms with E-state index in [4.69, 9.17) is 0 Å². The maximum atomic E-state index is 11.5. The molecule has 1 aliphatic rings. The zero-order chi connectivity index (χ0) is 9.42. The summed E-state index contributed by atoms with van der Waals surface area (Å²) in [5.41, 5.74) is 1.42. The van der Waals surface area contributed by atoms with Gasteiger partial charge in [0.05, 0.1) is 0 Å². The minimum Gasteiger partial charge on any atom is -0.508 e. The summed E-state index contributed by atoms with van der Waals surface area (Å²) in [7, 11) is 0. The van der Waals surface area contributed by atoms with Gasteiger partial charge in [0.15, 0.2) is 5.78 Å². The number of carbonyl (C=O) groups is 1. The molecule has 0 fully saturated rings. The Labute approximate surface area is 76.4 Å². The van der Waals surface area contributed by atoms with E-state index in [1.807, 2.05) is 6.92 Å². The molecule has 0 saturated heterocycles. The normalized spacial score (nSPS) is 20.7. The summed E-state index contributed by atoms with van der Waals surface area (Å²) in [5, 5.41) is 12.4. The van der Waals surface area contributed by atoms with E-state index in [0.29, 0.717) is 12.0 Å². The Kier molecular flexibility index (Phi) is 1.72. The number of hydrogen-bond acceptors (Lipinski definition) is 3. The maximum Gasteiger partial charge on any atom is 0.167 e. The second-order valence-electron chi connectivity index (χ2n) is 3.40. The topological polar surface area (TPSA) is 49.3 Å². The van der Waals surface area contributed by atoms with E-state index < -0.39 is 0 Å². The van der Waals surface area contributed by atoms with Crippen LogP contribution in [-0.2, 0) is 0 Å². The Morgan fingerprint density at radius 1 is 1.54 bits per heavy atom. The quantitative estimate of drug-likeness (QED) is 0.594. The van der Waals surface area contributed by atoms with E-state index in [-0.39, 0.29) is 17.6 Å². The Morgan fingerprint density at radius 3 is 3.08 bits per heavy atom. The first-order valence-electron chi connectivity index (χ1n) is 4.29. The van der Waals surface area contributed by atoms with Gasteiger partial charge in [-0.1, -0.05) is 0 Å². The molecular formula is C10H11NO2. The van der Waals surface area contributed by atoms with Gasteiger partial charge in [0.1, 0.15) is 5.75 Å². The summed E-state index contributed by atoms with van der Waals surface area (Å²) >= 11 is 0. The van der Waals surface area contributed by atoms with Crippen LogP contribution in [0.2, 0.25) is 0 Å². The van der Waals surface area contributed by atoms with E-state index in [1.54, 1.807) is 12.1 Å². The van der Waals surface area contributed by atoms with Gasteiger partial charge in [-0.2, -0.15) is 0 Å². The molecular weight excluding hydrogens is 166 g/mol. The van der Waals surface area contributed by atoms with Crippen molar-refractivity contribution in [3.05, 3.63) is 23.8 Å². The van der Waals surface area contributed by atoms with Gasteiger partial charge in [-0.25, -0.2) is 0 Å². The monoisotopic (exact) mass is 177 g/mol. The van der Waals surface area contributed by atoms with Gasteiger partial charge in [-0.15, -0.1) is 0 Å². The SMILES string of the molecule is CC1CC(=O)c2cc(O)ccc2N1. The number of benzene rings is 1. The van der Waals surface area contributed by atoms with Crippen LogP contribution in [0, 0.1) is 0 Å². The lowest BCUT2D eigenvalue weighted by Crippen LogP contribution is -2.26. The molecule has 1 unspecified atom stereocenters. The predicted molar refractivity (Wildman–Crippen MR) is 50.1 cm³/mol. The van der Waals surface area contributed by atoms with Crippen LogP contribution in [-0.4, -0.2) is 16.9 Å². The van der Waals surface area contributed by atoms with Crippen LogP contribution in [0.15, 0.2) is 18.2 Å². The average Bonchev–Trinajstić information content (AvgIpc) is 2.06. The zero-order valence-electron chi connectivity index (χ0n) is 7.37. The number of rotatable bonds is 0. The summed E-state index contributed by atoms with van der Waals surface area (Å²) < 4.78 is 0. The highest BCUT2D eigenvalue weighted by molar-refractivity contribution is 6.03. The van der Waals surface area contributed by atoms with Gasteiger partial charge in [0, 0.05) is 23.7 Å². The van der Waals surface area contributed by atoms with Gasteiger partial charge in [0.2, 0.25) is 0 Å². The van der Waals surface area contributed by atoms with Crippen molar-refractivity contribution in [3.8, 4) is 5.75 Å². The molecule has 1 aromatic rings. The maximum absolute atomic E-state index is 11.5. The molecule has 13 heavy (non-hydrogen) atoms. The molecule has 3 heteroatoms. The van der Waals surface area contributed by atoms with Crippen LogP contribution in [0.5, 0.6) is 5.75 Å². The number of Topliss-reactive ketones (excluding diaryl/α,β-unsaturated/α-hetero) is 1. The van der Waals surface area contributed by atoms with Crippen molar-refractivity contribution in [1.82, 2.24) is 0 Å². The number of nitrogens with one attached hydrogen (secondary N) is 1. The molecule has 68 valence electrons. The summed E-state index contributed by atoms with van der Waals surface area (Å²) in [6.07, 6.45) is 0.496. The summed E-state index contributed by atoms with van der Waals surface area (Å²) in [6.45, 7) is 1.97. The fourth-order valence-corrected chi connectivity index (χ4v) is 1.59. The predicted octanol–water partition coefficient (Wildman–Crippen LogP) is 1.78. The number of anilines is 1. The lowest BCUT2D eigenvalue weighted by atomic mass is 9.97. The van der Waals surface area contributed by atoms with Crippen molar-refractivity contribution in [3.63, 3.8) is 0 Å². The van der Waals surface area contributed by atoms with Crippen molar-refractivity contribution in [2.75, 3.05) is 5.32 Å². The first kappa shape index (κ1) is 8.10. The highest BCUT2D eigenvalue weighted by Crippen LogP contribution is 2.27. The van der Waals surface area contributed by atoms with Crippen molar-refractivity contribution in [2.45, 2.75) is 19.4 Å². The van der Waals surface area contributed by atoms with E-state index in [9.17, 15) is 9.90 Å². The van der Waals surface area contributed by atoms with E-state index in [2.05, 4.69) is 5.32 Å². The summed E-state index contributed by atoms with van der Waals surface area (Å²) in [6, 6.07) is 5.01. The zero-order valence-corrected chi connectivity index (χ0v) is 7.37. The number of hydrogen-bond donors (Lipinski definition) is 2. The highest BCUT2D eigenvalue weighted by atomic mass is 16.3. The van der Waals surface area contributed by atoms with Gasteiger partial charge < -0.3 is 10.4 Å². The number of carbonyl (C=O) groups excluding carboxylic acids is 1. The molecule has 0 saturated carbocycles. The number of aromatic hydroxyl groups is 1. The lowest BCUT2D eigenvalue weighted by molar-refractivity contribution is 0.0974. The van der Waals surface area contributed by atoms with E-state index in [1.165, 1.54) is 6.07 Å². The van der Waals surface area contributed by atoms with Crippen molar-refractivity contribution >= 4 is 11.5 Å². The van der Waals surface area contributed by atoms with Crippen LogP contribution >= 0.6 is 0 Å². The Bertz CT molecular complexity index is 360. The molecule has 0 radical (unpaired) electrons. The fraction of sp³-hybridized carbons (Fsp3) is 0.300. The molecule has 0 bridgehead atoms. The largest absolute Gasteiger partial charge is 0.508 e. The molecule has 0 spiro atoms. The Hall–Kier alpha value is -1.51. The first-order chi connectivity index (χ1) is 6.16. The van der Waals surface area contributed by atoms with E-state index >= 15 is 0 Å². The van der Waals surface area contributed by atoms with Crippen LogP contribution in [0.4, 0.5) is 5.69 Å². The second-order valence-corrected chi connectivity index (χ2v) is 3.40. The number of ketones is 1. The van der Waals surface area contributed by atoms with Crippen molar-refractivity contribution < 1.29 is 9.90 Å². The standard InChI is InChI=1S/C10H11NO2/c1-6-4-10(13)8-5-7(12)2-3-9(8)11-6/h2-3,5-6,11-12H,4H2,1H3. The molecule has 0 aliphatic carbocycles. The molecule has 2 rings (SSSR count). The third kappa shape index (κ3) is 1.37. The third-order valence-electron chi connectivity index (χ3n) is 2.20. The molecule has 2 N–H and O–H groups in total. The molecule has 3 nitrogen and oxygen atoms in total. The summed E-state index contributed by atoms with van der Waals surface area (Å²) in [4.78, 5) is 11.5. The number of phenols is 1. The second kappa shape index (κ2) is 2.76. The molecule has 1 heterocycles. The lowest BCUT2D eigenvalue weighted by Gasteiger charge is -2.22. The van der Waals surface area contributed by atoms with Crippen LogP contribution in [0.3, 0.4) is 0 Å². The van der Waals surface area contributed by atoms with Gasteiger partial charge in [-0.05, 0) is 25.1 Å². The molecule has 1 aromatic carbocycles. The smallest absolute Gasteiger partial charge is 0.167 e. The number of fused-ring (bicyclic) bond motifs is 1. The van der Waals surface area contributed by atoms with Crippen molar-refractivity contribution in [1.29, 1.82) is 0 Å². The van der Waals surface area contributed by atoms with Gasteiger partial charge >= 0.3 is 0 Å². The summed E-state index contributed by atoms with van der Waals surface area (Å²) in [5.74, 6) is 0.237.